The minimum absolute atomic E-state index is 0.0546. The zero-order valence-corrected chi connectivity index (χ0v) is 19.0. The summed E-state index contributed by atoms with van der Waals surface area (Å²) in [4.78, 5) is 22.3. The molecule has 1 unspecified atom stereocenters. The number of hydrogen-bond donors (Lipinski definition) is 1. The summed E-state index contributed by atoms with van der Waals surface area (Å²) in [6, 6.07) is 9.17. The molecule has 7 nitrogen and oxygen atoms in total. The lowest BCUT2D eigenvalue weighted by atomic mass is 10.0. The summed E-state index contributed by atoms with van der Waals surface area (Å²) in [6.07, 6.45) is 3.81. The van der Waals surface area contributed by atoms with Crippen molar-refractivity contribution in [3.63, 3.8) is 0 Å². The second kappa shape index (κ2) is 8.12. The first-order valence-corrected chi connectivity index (χ1v) is 12.2. The highest BCUT2D eigenvalue weighted by Gasteiger charge is 2.39. The molecule has 1 N–H and O–H groups in total. The number of hydrogen-bond acceptors (Lipinski definition) is 5. The fourth-order valence-electron chi connectivity index (χ4n) is 3.93. The Bertz CT molecular complexity index is 1270. The van der Waals surface area contributed by atoms with E-state index in [1.54, 1.807) is 43.6 Å². The largest absolute Gasteiger partial charge is 0.346 e. The van der Waals surface area contributed by atoms with Crippen molar-refractivity contribution in [1.82, 2.24) is 19.9 Å². The van der Waals surface area contributed by atoms with Crippen LogP contribution in [0.5, 0.6) is 0 Å². The predicted octanol–water partition coefficient (Wildman–Crippen LogP) is 3.50. The van der Waals surface area contributed by atoms with Gasteiger partial charge in [0.2, 0.25) is 0 Å². The molecule has 0 spiro atoms. The van der Waals surface area contributed by atoms with Crippen molar-refractivity contribution in [1.29, 1.82) is 0 Å². The van der Waals surface area contributed by atoms with Crippen LogP contribution in [0, 0.1) is 5.82 Å². The fraction of sp³-hybridized carbons (Fsp3) is 0.348. The fourth-order valence-corrected chi connectivity index (χ4v) is 6.02. The Morgan fingerprint density at radius 1 is 1.22 bits per heavy atom. The van der Waals surface area contributed by atoms with Gasteiger partial charge >= 0.3 is 0 Å². The molecule has 1 amide bonds. The van der Waals surface area contributed by atoms with Crippen molar-refractivity contribution in [2.75, 3.05) is 11.5 Å². The Kier molecular flexibility index (Phi) is 5.62. The van der Waals surface area contributed by atoms with Crippen LogP contribution in [-0.4, -0.2) is 45.9 Å². The third-order valence-electron chi connectivity index (χ3n) is 5.57. The molecule has 9 heteroatoms. The molecule has 0 aliphatic carbocycles. The second-order valence-electron chi connectivity index (χ2n) is 8.77. The predicted molar refractivity (Wildman–Crippen MR) is 120 cm³/mol. The minimum atomic E-state index is -3.17. The highest BCUT2D eigenvalue weighted by atomic mass is 32.2. The molecular formula is C23H25FN4O3S. The summed E-state index contributed by atoms with van der Waals surface area (Å²) in [6.45, 7) is 5.76. The molecule has 1 atom stereocenters. The van der Waals surface area contributed by atoms with Gasteiger partial charge in [0.15, 0.2) is 9.84 Å². The minimum Gasteiger partial charge on any atom is -0.346 e. The number of sulfone groups is 1. The normalized spacial score (nSPS) is 19.9. The smallest absolute Gasteiger partial charge is 0.251 e. The number of nitrogens with one attached hydrogen (secondary N) is 1. The van der Waals surface area contributed by atoms with E-state index in [1.165, 1.54) is 12.1 Å². The van der Waals surface area contributed by atoms with E-state index in [-0.39, 0.29) is 29.1 Å². The average Bonchev–Trinajstić information content (AvgIpc) is 3.32. The Balaban J connectivity index is 1.77. The summed E-state index contributed by atoms with van der Waals surface area (Å²) >= 11 is 0. The molecule has 2 aromatic heterocycles. The number of carbonyl (C=O) groups excluding carboxylic acids is 1. The number of rotatable bonds is 5. The Morgan fingerprint density at radius 3 is 2.56 bits per heavy atom. The molecule has 1 aromatic carbocycles. The van der Waals surface area contributed by atoms with Gasteiger partial charge in [-0.2, -0.15) is 0 Å². The number of imidazole rings is 1. The van der Waals surface area contributed by atoms with Gasteiger partial charge in [-0.25, -0.2) is 22.8 Å². The molecule has 32 heavy (non-hydrogen) atoms. The first-order chi connectivity index (χ1) is 15.1. The standard InChI is InChI=1S/C23H25FN4O3S/c1-15(2)21-25-9-10-28(21)20-13-17(12-19(26-20)16-4-6-18(24)7-5-16)22(29)27-23(3)8-11-32(30,31)14-23/h4-7,9-10,12-13,15H,8,11,14H2,1-3H3,(H,27,29). The number of pyridine rings is 1. The van der Waals surface area contributed by atoms with E-state index < -0.39 is 15.4 Å². The van der Waals surface area contributed by atoms with E-state index in [4.69, 9.17) is 4.98 Å². The van der Waals surface area contributed by atoms with Crippen molar-refractivity contribution < 1.29 is 17.6 Å². The molecule has 3 aromatic rings. The Morgan fingerprint density at radius 2 is 1.94 bits per heavy atom. The highest BCUT2D eigenvalue weighted by Crippen LogP contribution is 2.26. The number of halogens is 1. The number of amides is 1. The van der Waals surface area contributed by atoms with Crippen LogP contribution < -0.4 is 5.32 Å². The maximum Gasteiger partial charge on any atom is 0.251 e. The van der Waals surface area contributed by atoms with Gasteiger partial charge in [-0.1, -0.05) is 13.8 Å². The van der Waals surface area contributed by atoms with Crippen LogP contribution in [0.4, 0.5) is 4.39 Å². The molecule has 3 heterocycles. The third kappa shape index (κ3) is 4.57. The van der Waals surface area contributed by atoms with Crippen molar-refractivity contribution in [3.8, 4) is 17.1 Å². The average molecular weight is 457 g/mol. The molecule has 0 saturated carbocycles. The van der Waals surface area contributed by atoms with Crippen LogP contribution in [0.3, 0.4) is 0 Å². The van der Waals surface area contributed by atoms with Crippen LogP contribution in [-0.2, 0) is 9.84 Å². The van der Waals surface area contributed by atoms with Gasteiger partial charge in [0.25, 0.3) is 5.91 Å². The van der Waals surface area contributed by atoms with Crippen LogP contribution in [0.25, 0.3) is 17.1 Å². The highest BCUT2D eigenvalue weighted by molar-refractivity contribution is 7.91. The molecule has 168 valence electrons. The van der Waals surface area contributed by atoms with E-state index in [0.717, 1.165) is 5.82 Å². The number of carbonyl (C=O) groups is 1. The molecule has 0 radical (unpaired) electrons. The molecule has 1 aliphatic heterocycles. The lowest BCUT2D eigenvalue weighted by Crippen LogP contribution is -2.47. The van der Waals surface area contributed by atoms with Crippen LogP contribution in [0.2, 0.25) is 0 Å². The monoisotopic (exact) mass is 456 g/mol. The van der Waals surface area contributed by atoms with Gasteiger partial charge in [0.05, 0.1) is 22.7 Å². The maximum absolute atomic E-state index is 13.4. The molecular weight excluding hydrogens is 431 g/mol. The van der Waals surface area contributed by atoms with Gasteiger partial charge in [-0.05, 0) is 49.7 Å². The lowest BCUT2D eigenvalue weighted by Gasteiger charge is -2.24. The van der Waals surface area contributed by atoms with Crippen LogP contribution in [0.1, 0.15) is 49.3 Å². The third-order valence-corrected chi connectivity index (χ3v) is 7.47. The topological polar surface area (TPSA) is 94.0 Å². The van der Waals surface area contributed by atoms with E-state index in [2.05, 4.69) is 10.3 Å². The maximum atomic E-state index is 13.4. The summed E-state index contributed by atoms with van der Waals surface area (Å²) in [5.41, 5.74) is 0.666. The first kappa shape index (κ1) is 22.1. The summed E-state index contributed by atoms with van der Waals surface area (Å²) in [7, 11) is -3.17. The first-order valence-electron chi connectivity index (χ1n) is 10.4. The number of nitrogens with zero attached hydrogens (tertiary/aromatic N) is 3. The van der Waals surface area contributed by atoms with Gasteiger partial charge in [0.1, 0.15) is 17.5 Å². The van der Waals surface area contributed by atoms with Gasteiger partial charge in [0, 0.05) is 29.4 Å². The Labute approximate surface area is 186 Å². The second-order valence-corrected chi connectivity index (χ2v) is 11.0. The number of aromatic nitrogens is 3. The van der Waals surface area contributed by atoms with E-state index in [1.807, 2.05) is 18.4 Å². The summed E-state index contributed by atoms with van der Waals surface area (Å²) < 4.78 is 39.1. The zero-order valence-electron chi connectivity index (χ0n) is 18.2. The van der Waals surface area contributed by atoms with Gasteiger partial charge < -0.3 is 5.32 Å². The molecule has 0 bridgehead atoms. The summed E-state index contributed by atoms with van der Waals surface area (Å²) in [5, 5.41) is 2.89. The molecule has 1 aliphatic rings. The summed E-state index contributed by atoms with van der Waals surface area (Å²) in [5.74, 6) is 0.627. The number of benzene rings is 1. The van der Waals surface area contributed by atoms with E-state index >= 15 is 0 Å². The molecule has 1 saturated heterocycles. The molecule has 1 fully saturated rings. The molecule has 4 rings (SSSR count). The van der Waals surface area contributed by atoms with Crippen molar-refractivity contribution in [2.45, 2.75) is 38.6 Å². The van der Waals surface area contributed by atoms with E-state index in [0.29, 0.717) is 29.1 Å². The van der Waals surface area contributed by atoms with Crippen molar-refractivity contribution in [3.05, 3.63) is 66.0 Å². The van der Waals surface area contributed by atoms with Crippen LogP contribution in [0.15, 0.2) is 48.8 Å². The van der Waals surface area contributed by atoms with Gasteiger partial charge in [-0.15, -0.1) is 0 Å². The zero-order chi connectivity index (χ0) is 23.1. The van der Waals surface area contributed by atoms with Crippen molar-refractivity contribution >= 4 is 15.7 Å². The van der Waals surface area contributed by atoms with Gasteiger partial charge in [-0.3, -0.25) is 9.36 Å². The lowest BCUT2D eigenvalue weighted by molar-refractivity contribution is 0.0915. The quantitative estimate of drug-likeness (QED) is 0.634. The Hall–Kier alpha value is -3.07. The van der Waals surface area contributed by atoms with E-state index in [9.17, 15) is 17.6 Å². The van der Waals surface area contributed by atoms with Crippen LogP contribution >= 0.6 is 0 Å². The SMILES string of the molecule is CC(C)c1nccn1-c1cc(C(=O)NC2(C)CCS(=O)(=O)C2)cc(-c2ccc(F)cc2)n1. The van der Waals surface area contributed by atoms with Crippen molar-refractivity contribution in [2.24, 2.45) is 0 Å².